The fraction of sp³-hybridized carbons (Fsp3) is 0.316. The molecule has 2 aromatic heterocycles. The van der Waals surface area contributed by atoms with E-state index in [-0.39, 0.29) is 5.91 Å². The molecule has 1 aliphatic heterocycles. The first-order valence-corrected chi connectivity index (χ1v) is 8.56. The lowest BCUT2D eigenvalue weighted by atomic mass is 9.96. The van der Waals surface area contributed by atoms with Crippen molar-refractivity contribution in [3.63, 3.8) is 0 Å². The molecule has 128 valence electrons. The Morgan fingerprint density at radius 3 is 2.96 bits per heavy atom. The molecule has 0 N–H and O–H groups in total. The molecule has 1 amide bonds. The minimum Gasteiger partial charge on any atom is -0.354 e. The Balaban J connectivity index is 1.68. The van der Waals surface area contributed by atoms with E-state index in [1.165, 1.54) is 11.1 Å². The van der Waals surface area contributed by atoms with Crippen molar-refractivity contribution in [1.82, 2.24) is 14.9 Å². The number of carbonyl (C=O) groups is 1. The molecule has 0 saturated heterocycles. The van der Waals surface area contributed by atoms with Gasteiger partial charge in [-0.15, -0.1) is 0 Å². The quantitative estimate of drug-likeness (QED) is 0.736. The molecule has 1 aliphatic rings. The Morgan fingerprint density at radius 1 is 1.32 bits per heavy atom. The van der Waals surface area contributed by atoms with E-state index in [0.717, 1.165) is 24.9 Å². The lowest BCUT2D eigenvalue weighted by molar-refractivity contribution is 0.0976. The topological polar surface area (TPSA) is 64.2 Å². The number of fused-ring (bicyclic) bond motifs is 1. The van der Waals surface area contributed by atoms with Gasteiger partial charge < -0.3 is 9.42 Å². The van der Waals surface area contributed by atoms with Crippen LogP contribution >= 0.6 is 0 Å². The molecular formula is C19H20N4O2. The summed E-state index contributed by atoms with van der Waals surface area (Å²) in [6, 6.07) is 9.77. The second kappa shape index (κ2) is 6.20. The van der Waals surface area contributed by atoms with Crippen molar-refractivity contribution in [2.24, 2.45) is 7.05 Å². The first kappa shape index (κ1) is 15.6. The number of amides is 1. The Morgan fingerprint density at radius 2 is 2.20 bits per heavy atom. The van der Waals surface area contributed by atoms with Gasteiger partial charge in [0.2, 0.25) is 0 Å². The van der Waals surface area contributed by atoms with E-state index in [4.69, 9.17) is 4.52 Å². The van der Waals surface area contributed by atoms with Crippen LogP contribution in [0.4, 0.5) is 5.69 Å². The zero-order chi connectivity index (χ0) is 17.4. The molecule has 0 atom stereocenters. The van der Waals surface area contributed by atoms with Crippen molar-refractivity contribution in [3.8, 4) is 11.5 Å². The van der Waals surface area contributed by atoms with Gasteiger partial charge in [0.05, 0.1) is 5.69 Å². The molecule has 0 bridgehead atoms. The molecular weight excluding hydrogens is 316 g/mol. The molecule has 0 unspecified atom stereocenters. The fourth-order valence-electron chi connectivity index (χ4n) is 3.40. The molecule has 1 aromatic carbocycles. The first-order chi connectivity index (χ1) is 12.2. The molecule has 0 saturated carbocycles. The molecule has 3 heterocycles. The van der Waals surface area contributed by atoms with Gasteiger partial charge in [0.1, 0.15) is 5.69 Å². The van der Waals surface area contributed by atoms with E-state index in [2.05, 4.69) is 35.4 Å². The van der Waals surface area contributed by atoms with Crippen LogP contribution in [-0.2, 0) is 19.9 Å². The number of aromatic nitrogens is 3. The Kier molecular flexibility index (Phi) is 3.87. The standard InChI is InChI=1S/C19H20N4O2/c1-3-13-6-4-7-14-8-5-10-23(18(13)14)19(24)16-12-17(25-21-16)15-9-11-22(2)20-15/h4,6-7,9,11-12H,3,5,8,10H2,1-2H3. The van der Waals surface area contributed by atoms with Gasteiger partial charge in [-0.25, -0.2) is 0 Å². The van der Waals surface area contributed by atoms with E-state index in [1.54, 1.807) is 10.7 Å². The van der Waals surface area contributed by atoms with Crippen LogP contribution in [0.25, 0.3) is 11.5 Å². The van der Waals surface area contributed by atoms with Crippen molar-refractivity contribution >= 4 is 11.6 Å². The van der Waals surface area contributed by atoms with Gasteiger partial charge in [-0.1, -0.05) is 30.3 Å². The number of anilines is 1. The van der Waals surface area contributed by atoms with Gasteiger partial charge in [-0.2, -0.15) is 5.10 Å². The van der Waals surface area contributed by atoms with Gasteiger partial charge in [0.25, 0.3) is 5.91 Å². The predicted molar refractivity (Wildman–Crippen MR) is 94.5 cm³/mol. The SMILES string of the molecule is CCc1cccc2c1N(C(=O)c1cc(-c3ccn(C)n3)on1)CCC2. The average molecular weight is 336 g/mol. The monoisotopic (exact) mass is 336 g/mol. The highest BCUT2D eigenvalue weighted by Gasteiger charge is 2.28. The van der Waals surface area contributed by atoms with Crippen LogP contribution in [0.2, 0.25) is 0 Å². The van der Waals surface area contributed by atoms with Gasteiger partial charge >= 0.3 is 0 Å². The molecule has 6 heteroatoms. The van der Waals surface area contributed by atoms with Crippen LogP contribution in [0.15, 0.2) is 41.1 Å². The number of aryl methyl sites for hydroxylation is 3. The molecule has 4 rings (SSSR count). The fourth-order valence-corrected chi connectivity index (χ4v) is 3.40. The minimum absolute atomic E-state index is 0.118. The zero-order valence-corrected chi connectivity index (χ0v) is 14.4. The predicted octanol–water partition coefficient (Wildman–Crippen LogP) is 3.23. The van der Waals surface area contributed by atoms with Gasteiger partial charge in [-0.3, -0.25) is 9.48 Å². The smallest absolute Gasteiger partial charge is 0.280 e. The second-order valence-corrected chi connectivity index (χ2v) is 6.29. The van der Waals surface area contributed by atoms with E-state index >= 15 is 0 Å². The third-order valence-corrected chi connectivity index (χ3v) is 4.62. The number of hydrogen-bond donors (Lipinski definition) is 0. The summed E-state index contributed by atoms with van der Waals surface area (Å²) in [7, 11) is 1.84. The molecule has 25 heavy (non-hydrogen) atoms. The Bertz CT molecular complexity index is 911. The van der Waals surface area contributed by atoms with Crippen molar-refractivity contribution < 1.29 is 9.32 Å². The number of benzene rings is 1. The number of nitrogens with zero attached hydrogens (tertiary/aromatic N) is 4. The maximum absolute atomic E-state index is 13.1. The number of hydrogen-bond acceptors (Lipinski definition) is 4. The minimum atomic E-state index is -0.118. The van der Waals surface area contributed by atoms with Gasteiger partial charge in [0.15, 0.2) is 11.5 Å². The molecule has 0 fully saturated rings. The lowest BCUT2D eigenvalue weighted by Gasteiger charge is -2.31. The Hall–Kier alpha value is -2.89. The number of para-hydroxylation sites is 1. The third kappa shape index (κ3) is 2.73. The summed E-state index contributed by atoms with van der Waals surface area (Å²) < 4.78 is 7.04. The van der Waals surface area contributed by atoms with E-state index in [1.807, 2.05) is 24.2 Å². The summed E-state index contributed by atoms with van der Waals surface area (Å²) in [6.45, 7) is 2.82. The highest BCUT2D eigenvalue weighted by molar-refractivity contribution is 6.06. The van der Waals surface area contributed by atoms with Crippen molar-refractivity contribution in [2.75, 3.05) is 11.4 Å². The zero-order valence-electron chi connectivity index (χ0n) is 14.4. The lowest BCUT2D eigenvalue weighted by Crippen LogP contribution is -2.36. The molecule has 0 aliphatic carbocycles. The summed E-state index contributed by atoms with van der Waals surface area (Å²) >= 11 is 0. The molecule has 0 spiro atoms. The highest BCUT2D eigenvalue weighted by atomic mass is 16.5. The molecule has 0 radical (unpaired) electrons. The largest absolute Gasteiger partial charge is 0.354 e. The van der Waals surface area contributed by atoms with E-state index < -0.39 is 0 Å². The van der Waals surface area contributed by atoms with Gasteiger partial charge in [0, 0.05) is 25.9 Å². The van der Waals surface area contributed by atoms with Crippen molar-refractivity contribution in [1.29, 1.82) is 0 Å². The van der Waals surface area contributed by atoms with Gasteiger partial charge in [-0.05, 0) is 36.5 Å². The average Bonchev–Trinajstić information content (AvgIpc) is 3.29. The van der Waals surface area contributed by atoms with Crippen LogP contribution in [0.1, 0.15) is 35.0 Å². The number of rotatable bonds is 3. The maximum Gasteiger partial charge on any atom is 0.280 e. The Labute approximate surface area is 146 Å². The third-order valence-electron chi connectivity index (χ3n) is 4.62. The van der Waals surface area contributed by atoms with E-state index in [9.17, 15) is 4.79 Å². The summed E-state index contributed by atoms with van der Waals surface area (Å²) in [5.41, 5.74) is 4.46. The second-order valence-electron chi connectivity index (χ2n) is 6.29. The number of carbonyl (C=O) groups excluding carboxylic acids is 1. The van der Waals surface area contributed by atoms with Crippen LogP contribution < -0.4 is 4.90 Å². The van der Waals surface area contributed by atoms with Crippen LogP contribution in [0, 0.1) is 0 Å². The summed E-state index contributed by atoms with van der Waals surface area (Å²) in [4.78, 5) is 14.9. The molecule has 6 nitrogen and oxygen atoms in total. The van der Waals surface area contributed by atoms with Crippen molar-refractivity contribution in [3.05, 3.63) is 53.3 Å². The van der Waals surface area contributed by atoms with Crippen LogP contribution in [0.5, 0.6) is 0 Å². The van der Waals surface area contributed by atoms with E-state index in [0.29, 0.717) is 23.7 Å². The van der Waals surface area contributed by atoms with Crippen LogP contribution in [-0.4, -0.2) is 27.4 Å². The normalized spacial score (nSPS) is 13.8. The summed E-state index contributed by atoms with van der Waals surface area (Å²) in [5, 5.41) is 8.28. The van der Waals surface area contributed by atoms with Crippen LogP contribution in [0.3, 0.4) is 0 Å². The molecule has 3 aromatic rings. The highest BCUT2D eigenvalue weighted by Crippen LogP contribution is 2.32. The first-order valence-electron chi connectivity index (χ1n) is 8.56. The summed E-state index contributed by atoms with van der Waals surface area (Å²) in [5.74, 6) is 0.387. The summed E-state index contributed by atoms with van der Waals surface area (Å²) in [6.07, 6.45) is 4.68. The maximum atomic E-state index is 13.1. The van der Waals surface area contributed by atoms with Crippen molar-refractivity contribution in [2.45, 2.75) is 26.2 Å².